The van der Waals surface area contributed by atoms with Gasteiger partial charge in [-0.3, -0.25) is 0 Å². The summed E-state index contributed by atoms with van der Waals surface area (Å²) in [7, 11) is 0. The lowest BCUT2D eigenvalue weighted by Gasteiger charge is -2.00. The van der Waals surface area contributed by atoms with Crippen LogP contribution in [0, 0.1) is 6.92 Å². The van der Waals surface area contributed by atoms with Crippen molar-refractivity contribution in [3.8, 4) is 28.6 Å². The second-order valence-corrected chi connectivity index (χ2v) is 5.53. The van der Waals surface area contributed by atoms with E-state index in [0.717, 1.165) is 16.7 Å². The molecule has 0 saturated carbocycles. The highest BCUT2D eigenvalue weighted by molar-refractivity contribution is 7.98. The van der Waals surface area contributed by atoms with Crippen molar-refractivity contribution in [1.29, 1.82) is 0 Å². The van der Waals surface area contributed by atoms with Gasteiger partial charge in [-0.05, 0) is 61.2 Å². The lowest BCUT2D eigenvalue weighted by atomic mass is 10.1. The van der Waals surface area contributed by atoms with E-state index in [1.165, 1.54) is 4.90 Å². The number of thioether (sulfide) groups is 1. The molecule has 1 N–H and O–H groups in total. The maximum Gasteiger partial charge on any atom is 0.258 e. The Hall–Kier alpha value is -2.27. The van der Waals surface area contributed by atoms with E-state index >= 15 is 0 Å². The van der Waals surface area contributed by atoms with Gasteiger partial charge in [0, 0.05) is 16.0 Å². The van der Waals surface area contributed by atoms with Gasteiger partial charge in [-0.2, -0.15) is 4.98 Å². The van der Waals surface area contributed by atoms with E-state index in [1.807, 2.05) is 37.4 Å². The number of phenolic OH excluding ortho intramolecular Hbond substituents is 1. The summed E-state index contributed by atoms with van der Waals surface area (Å²) >= 11 is 1.69. The molecule has 1 aromatic heterocycles. The Balaban J connectivity index is 1.95. The first kappa shape index (κ1) is 13.7. The van der Waals surface area contributed by atoms with Crippen molar-refractivity contribution in [2.45, 2.75) is 11.8 Å². The predicted octanol–water partition coefficient (Wildman–Crippen LogP) is 4.14. The number of benzene rings is 2. The highest BCUT2D eigenvalue weighted by Gasteiger charge is 2.12. The molecule has 0 aliphatic carbocycles. The topological polar surface area (TPSA) is 59.2 Å². The van der Waals surface area contributed by atoms with Crippen LogP contribution in [0.3, 0.4) is 0 Å². The van der Waals surface area contributed by atoms with Crippen LogP contribution < -0.4 is 0 Å². The van der Waals surface area contributed by atoms with E-state index < -0.39 is 0 Å². The summed E-state index contributed by atoms with van der Waals surface area (Å²) < 4.78 is 5.33. The molecule has 0 saturated heterocycles. The van der Waals surface area contributed by atoms with Gasteiger partial charge in [0.2, 0.25) is 5.82 Å². The van der Waals surface area contributed by atoms with Crippen molar-refractivity contribution in [2.24, 2.45) is 0 Å². The molecule has 3 rings (SSSR count). The van der Waals surface area contributed by atoms with E-state index in [9.17, 15) is 5.11 Å². The lowest BCUT2D eigenvalue weighted by molar-refractivity contribution is 0.432. The van der Waals surface area contributed by atoms with Crippen LogP contribution in [0.15, 0.2) is 51.9 Å². The summed E-state index contributed by atoms with van der Waals surface area (Å²) in [6, 6.07) is 13.1. The maximum atomic E-state index is 9.45. The molecule has 1 heterocycles. The molecular weight excluding hydrogens is 284 g/mol. The molecule has 0 spiro atoms. The zero-order chi connectivity index (χ0) is 14.8. The quantitative estimate of drug-likeness (QED) is 0.736. The second-order valence-electron chi connectivity index (χ2n) is 4.65. The number of hydrogen-bond acceptors (Lipinski definition) is 5. The van der Waals surface area contributed by atoms with Crippen LogP contribution in [0.5, 0.6) is 5.75 Å². The summed E-state index contributed by atoms with van der Waals surface area (Å²) in [6.07, 6.45) is 2.04. The van der Waals surface area contributed by atoms with Crippen LogP contribution in [0.2, 0.25) is 0 Å². The molecule has 0 atom stereocenters. The molecule has 0 radical (unpaired) electrons. The van der Waals surface area contributed by atoms with Crippen molar-refractivity contribution in [3.63, 3.8) is 0 Å². The van der Waals surface area contributed by atoms with Crippen LogP contribution in [-0.4, -0.2) is 21.5 Å². The standard InChI is InChI=1S/C16H14N2O2S/c1-10-9-12(19)5-8-14(10)16-17-15(18-20-16)11-3-6-13(21-2)7-4-11/h3-9,19H,1-2H3. The van der Waals surface area contributed by atoms with Crippen molar-refractivity contribution in [3.05, 3.63) is 48.0 Å². The highest BCUT2D eigenvalue weighted by atomic mass is 32.2. The number of aromatic nitrogens is 2. The normalized spacial score (nSPS) is 10.8. The Morgan fingerprint density at radius 3 is 2.52 bits per heavy atom. The van der Waals surface area contributed by atoms with Gasteiger partial charge in [-0.25, -0.2) is 0 Å². The Bertz CT molecular complexity index is 766. The molecular formula is C16H14N2O2S. The lowest BCUT2D eigenvalue weighted by Crippen LogP contribution is -1.84. The monoisotopic (exact) mass is 298 g/mol. The summed E-state index contributed by atoms with van der Waals surface area (Å²) in [4.78, 5) is 5.62. The summed E-state index contributed by atoms with van der Waals surface area (Å²) in [5.74, 6) is 1.24. The van der Waals surface area contributed by atoms with Crippen molar-refractivity contribution >= 4 is 11.8 Å². The first-order chi connectivity index (χ1) is 10.2. The van der Waals surface area contributed by atoms with E-state index in [0.29, 0.717) is 11.7 Å². The van der Waals surface area contributed by atoms with Gasteiger partial charge in [0.1, 0.15) is 5.75 Å². The van der Waals surface area contributed by atoms with Gasteiger partial charge in [0.25, 0.3) is 5.89 Å². The molecule has 0 aliphatic rings. The fourth-order valence-corrected chi connectivity index (χ4v) is 2.49. The van der Waals surface area contributed by atoms with Gasteiger partial charge in [-0.1, -0.05) is 5.16 Å². The van der Waals surface area contributed by atoms with Gasteiger partial charge in [0.15, 0.2) is 0 Å². The van der Waals surface area contributed by atoms with Gasteiger partial charge in [0.05, 0.1) is 0 Å². The average Bonchev–Trinajstić information content (AvgIpc) is 2.97. The second kappa shape index (κ2) is 5.61. The fourth-order valence-electron chi connectivity index (χ4n) is 2.08. The van der Waals surface area contributed by atoms with Crippen molar-refractivity contribution in [1.82, 2.24) is 10.1 Å². The minimum atomic E-state index is 0.226. The first-order valence-corrected chi connectivity index (χ1v) is 7.68. The Kier molecular flexibility index (Phi) is 3.66. The minimum absolute atomic E-state index is 0.226. The molecule has 0 bridgehead atoms. The largest absolute Gasteiger partial charge is 0.508 e. The molecule has 21 heavy (non-hydrogen) atoms. The third-order valence-electron chi connectivity index (χ3n) is 3.21. The SMILES string of the molecule is CSc1ccc(-c2noc(-c3ccc(O)cc3C)n2)cc1. The van der Waals surface area contributed by atoms with Crippen LogP contribution in [0.1, 0.15) is 5.56 Å². The molecule has 5 heteroatoms. The third-order valence-corrected chi connectivity index (χ3v) is 3.96. The fraction of sp³-hybridized carbons (Fsp3) is 0.125. The Morgan fingerprint density at radius 2 is 1.86 bits per heavy atom. The molecule has 4 nitrogen and oxygen atoms in total. The molecule has 0 unspecified atom stereocenters. The van der Waals surface area contributed by atoms with E-state index in [4.69, 9.17) is 4.52 Å². The van der Waals surface area contributed by atoms with Crippen LogP contribution >= 0.6 is 11.8 Å². The van der Waals surface area contributed by atoms with Crippen molar-refractivity contribution in [2.75, 3.05) is 6.26 Å². The molecule has 106 valence electrons. The van der Waals surface area contributed by atoms with Crippen LogP contribution in [0.4, 0.5) is 0 Å². The Labute approximate surface area is 126 Å². The number of aromatic hydroxyl groups is 1. The van der Waals surface area contributed by atoms with E-state index in [-0.39, 0.29) is 5.75 Å². The van der Waals surface area contributed by atoms with E-state index in [2.05, 4.69) is 10.1 Å². The number of rotatable bonds is 3. The van der Waals surface area contributed by atoms with E-state index in [1.54, 1.807) is 30.0 Å². The molecule has 0 amide bonds. The molecule has 0 fully saturated rings. The number of aryl methyl sites for hydroxylation is 1. The highest BCUT2D eigenvalue weighted by Crippen LogP contribution is 2.27. The minimum Gasteiger partial charge on any atom is -0.508 e. The molecule has 0 aliphatic heterocycles. The number of hydrogen-bond donors (Lipinski definition) is 1. The molecule has 3 aromatic rings. The zero-order valence-electron chi connectivity index (χ0n) is 11.7. The molecule has 2 aromatic carbocycles. The smallest absolute Gasteiger partial charge is 0.258 e. The summed E-state index contributed by atoms with van der Waals surface area (Å²) in [6.45, 7) is 1.90. The van der Waals surface area contributed by atoms with Crippen LogP contribution in [0.25, 0.3) is 22.8 Å². The zero-order valence-corrected chi connectivity index (χ0v) is 12.5. The van der Waals surface area contributed by atoms with Gasteiger partial charge in [-0.15, -0.1) is 11.8 Å². The summed E-state index contributed by atoms with van der Waals surface area (Å²) in [5.41, 5.74) is 2.63. The number of nitrogens with zero attached hydrogens (tertiary/aromatic N) is 2. The predicted molar refractivity (Wildman–Crippen MR) is 83.4 cm³/mol. The third kappa shape index (κ3) is 2.78. The maximum absolute atomic E-state index is 9.45. The Morgan fingerprint density at radius 1 is 1.10 bits per heavy atom. The van der Waals surface area contributed by atoms with Crippen molar-refractivity contribution < 1.29 is 9.63 Å². The van der Waals surface area contributed by atoms with Gasteiger partial charge < -0.3 is 9.63 Å². The first-order valence-electron chi connectivity index (χ1n) is 6.45. The average molecular weight is 298 g/mol. The van der Waals surface area contributed by atoms with Gasteiger partial charge >= 0.3 is 0 Å². The summed E-state index contributed by atoms with van der Waals surface area (Å²) in [5, 5.41) is 13.5. The van der Waals surface area contributed by atoms with Crippen LogP contribution in [-0.2, 0) is 0 Å². The number of phenols is 1.